The Hall–Kier alpha value is -2.67. The second kappa shape index (κ2) is 9.06. The maximum Gasteiger partial charge on any atom is 0.431 e. The summed E-state index contributed by atoms with van der Waals surface area (Å²) in [6, 6.07) is 1.63. The highest BCUT2D eigenvalue weighted by atomic mass is 79.9. The minimum atomic E-state index is -4.94. The molecule has 1 aliphatic heterocycles. The summed E-state index contributed by atoms with van der Waals surface area (Å²) in [4.78, 5) is 38.9. The van der Waals surface area contributed by atoms with Crippen LogP contribution in [0.5, 0.6) is 0 Å². The van der Waals surface area contributed by atoms with Gasteiger partial charge in [-0.15, -0.1) is 0 Å². The number of methoxy groups -OCH3 is 1. The highest BCUT2D eigenvalue weighted by Gasteiger charge is 2.35. The largest absolute Gasteiger partial charge is 0.431 e. The van der Waals surface area contributed by atoms with Gasteiger partial charge < -0.3 is 15.0 Å². The molecule has 32 heavy (non-hydrogen) atoms. The molecule has 8 nitrogen and oxygen atoms in total. The molecule has 0 aliphatic carbocycles. The minimum Gasteiger partial charge on any atom is -0.381 e. The van der Waals surface area contributed by atoms with Crippen LogP contribution in [-0.4, -0.2) is 46.4 Å². The molecule has 2 amide bonds. The number of ether oxygens (including phenoxy) is 1. The first-order chi connectivity index (χ1) is 14.9. The molecule has 1 aromatic heterocycles. The number of nitrogens with one attached hydrogen (secondary N) is 1. The number of urea groups is 1. The number of hydrogen-bond donors (Lipinski definition) is 1. The zero-order chi connectivity index (χ0) is 23.8. The van der Waals surface area contributed by atoms with Crippen molar-refractivity contribution in [1.29, 1.82) is 0 Å². The van der Waals surface area contributed by atoms with Crippen LogP contribution in [0.15, 0.2) is 32.3 Å². The van der Waals surface area contributed by atoms with E-state index in [4.69, 9.17) is 4.74 Å². The Labute approximate surface area is 187 Å². The number of likely N-dealkylation sites (tertiary alicyclic amines) is 1. The summed E-state index contributed by atoms with van der Waals surface area (Å²) < 4.78 is 59.7. The van der Waals surface area contributed by atoms with Crippen molar-refractivity contribution in [3.05, 3.63) is 55.0 Å². The molecule has 2 aromatic rings. The van der Waals surface area contributed by atoms with E-state index in [2.05, 4.69) is 21.2 Å². The topological polar surface area (TPSA) is 85.6 Å². The molecule has 0 spiro atoms. The predicted octanol–water partition coefficient (Wildman–Crippen LogP) is 3.10. The van der Waals surface area contributed by atoms with Gasteiger partial charge in [-0.25, -0.2) is 18.5 Å². The SMILES string of the molecule is COC1CCN(C(=O)Nc2cc(-n3c(=O)cc(C(F)(F)F)n(C)c3=O)c(F)cc2Br)CC1. The molecule has 2 heterocycles. The first-order valence-electron chi connectivity index (χ1n) is 9.42. The fourth-order valence-electron chi connectivity index (χ4n) is 3.41. The van der Waals surface area contributed by atoms with E-state index in [1.807, 2.05) is 0 Å². The van der Waals surface area contributed by atoms with Gasteiger partial charge in [0.1, 0.15) is 11.5 Å². The van der Waals surface area contributed by atoms with E-state index in [9.17, 15) is 31.9 Å². The molecule has 13 heteroatoms. The molecule has 1 aromatic carbocycles. The average molecular weight is 523 g/mol. The van der Waals surface area contributed by atoms with Gasteiger partial charge in [0.15, 0.2) is 0 Å². The van der Waals surface area contributed by atoms with Crippen molar-refractivity contribution < 1.29 is 27.1 Å². The van der Waals surface area contributed by atoms with Gasteiger partial charge >= 0.3 is 17.9 Å². The van der Waals surface area contributed by atoms with Crippen LogP contribution in [0.4, 0.5) is 28.0 Å². The van der Waals surface area contributed by atoms with Gasteiger partial charge in [0.2, 0.25) is 0 Å². The Balaban J connectivity index is 1.98. The zero-order valence-corrected chi connectivity index (χ0v) is 18.6. The standard InChI is InChI=1S/C19H19BrF4N4O4/c1-26-15(19(22,23)24)9-16(29)28(18(26)31)14-8-13(11(20)7-12(14)21)25-17(30)27-5-3-10(32-2)4-6-27/h7-10H,3-6H2,1-2H3,(H,25,30). The molecule has 174 valence electrons. The number of amides is 2. The van der Waals surface area contributed by atoms with Crippen molar-refractivity contribution in [2.24, 2.45) is 7.05 Å². The number of hydrogen-bond acceptors (Lipinski definition) is 4. The number of carbonyl (C=O) groups excluding carboxylic acids is 1. The lowest BCUT2D eigenvalue weighted by atomic mass is 10.1. The molecule has 1 N–H and O–H groups in total. The Morgan fingerprint density at radius 2 is 1.81 bits per heavy atom. The summed E-state index contributed by atoms with van der Waals surface area (Å²) in [5.41, 5.74) is -4.77. The van der Waals surface area contributed by atoms with Gasteiger partial charge in [0.25, 0.3) is 5.56 Å². The molecular weight excluding hydrogens is 504 g/mol. The lowest BCUT2D eigenvalue weighted by Gasteiger charge is -2.31. The Kier molecular flexibility index (Phi) is 6.79. The van der Waals surface area contributed by atoms with E-state index >= 15 is 0 Å². The number of halogens is 5. The normalized spacial score (nSPS) is 15.2. The summed E-state index contributed by atoms with van der Waals surface area (Å²) in [6.07, 6.45) is -3.63. The maximum absolute atomic E-state index is 14.6. The summed E-state index contributed by atoms with van der Waals surface area (Å²) in [5.74, 6) is -1.05. The van der Waals surface area contributed by atoms with Gasteiger partial charge in [0, 0.05) is 37.8 Å². The summed E-state index contributed by atoms with van der Waals surface area (Å²) in [6.45, 7) is 0.851. The Morgan fingerprint density at radius 1 is 1.19 bits per heavy atom. The van der Waals surface area contributed by atoms with Gasteiger partial charge in [0.05, 0.1) is 17.5 Å². The van der Waals surface area contributed by atoms with Gasteiger partial charge in [-0.3, -0.25) is 9.36 Å². The number of rotatable bonds is 3. The van der Waals surface area contributed by atoms with Crippen LogP contribution >= 0.6 is 15.9 Å². The molecule has 0 unspecified atom stereocenters. The Bertz CT molecular complexity index is 1150. The predicted molar refractivity (Wildman–Crippen MR) is 111 cm³/mol. The number of aromatic nitrogens is 2. The molecular formula is C19H19BrF4N4O4. The molecule has 0 bridgehead atoms. The van der Waals surface area contributed by atoms with Crippen LogP contribution in [0.1, 0.15) is 18.5 Å². The number of alkyl halides is 3. The maximum atomic E-state index is 14.6. The van der Waals surface area contributed by atoms with E-state index < -0.39 is 40.7 Å². The number of anilines is 1. The van der Waals surface area contributed by atoms with Gasteiger partial charge in [-0.2, -0.15) is 13.2 Å². The third-order valence-corrected chi connectivity index (χ3v) is 5.85. The monoisotopic (exact) mass is 522 g/mol. The molecule has 0 atom stereocenters. The lowest BCUT2D eigenvalue weighted by molar-refractivity contribution is -0.144. The van der Waals surface area contributed by atoms with E-state index in [-0.39, 0.29) is 31.5 Å². The molecule has 0 radical (unpaired) electrons. The number of carbonyl (C=O) groups is 1. The third kappa shape index (κ3) is 4.72. The van der Waals surface area contributed by atoms with Crippen LogP contribution in [0.3, 0.4) is 0 Å². The summed E-state index contributed by atoms with van der Waals surface area (Å²) >= 11 is 3.10. The fraction of sp³-hybridized carbons (Fsp3) is 0.421. The summed E-state index contributed by atoms with van der Waals surface area (Å²) in [5, 5.41) is 2.57. The van der Waals surface area contributed by atoms with E-state index in [1.54, 1.807) is 7.11 Å². The van der Waals surface area contributed by atoms with Gasteiger partial charge in [-0.05, 0) is 40.9 Å². The Morgan fingerprint density at radius 3 is 2.38 bits per heavy atom. The van der Waals surface area contributed by atoms with Crippen molar-refractivity contribution in [3.8, 4) is 5.69 Å². The smallest absolute Gasteiger partial charge is 0.381 e. The molecule has 1 aliphatic rings. The van der Waals surface area contributed by atoms with Crippen molar-refractivity contribution in [1.82, 2.24) is 14.0 Å². The van der Waals surface area contributed by atoms with Crippen molar-refractivity contribution >= 4 is 27.6 Å². The second-order valence-electron chi connectivity index (χ2n) is 7.18. The van der Waals surface area contributed by atoms with Crippen LogP contribution in [0.25, 0.3) is 5.69 Å². The van der Waals surface area contributed by atoms with Crippen LogP contribution in [-0.2, 0) is 18.0 Å². The van der Waals surface area contributed by atoms with Gasteiger partial charge in [-0.1, -0.05) is 0 Å². The van der Waals surface area contributed by atoms with Crippen molar-refractivity contribution in [2.75, 3.05) is 25.5 Å². The molecule has 3 rings (SSSR count). The fourth-order valence-corrected chi connectivity index (χ4v) is 3.83. The van der Waals surface area contributed by atoms with E-state index in [1.165, 1.54) is 4.90 Å². The lowest BCUT2D eigenvalue weighted by Crippen LogP contribution is -2.43. The number of nitrogens with zero attached hydrogens (tertiary/aromatic N) is 3. The molecule has 0 saturated carbocycles. The number of piperidine rings is 1. The first kappa shape index (κ1) is 24.0. The highest BCUT2D eigenvalue weighted by Crippen LogP contribution is 2.29. The van der Waals surface area contributed by atoms with Crippen LogP contribution < -0.4 is 16.6 Å². The third-order valence-electron chi connectivity index (χ3n) is 5.19. The highest BCUT2D eigenvalue weighted by molar-refractivity contribution is 9.10. The average Bonchev–Trinajstić information content (AvgIpc) is 2.73. The minimum absolute atomic E-state index is 0.0362. The van der Waals surface area contributed by atoms with E-state index in [0.29, 0.717) is 25.9 Å². The van der Waals surface area contributed by atoms with Crippen LogP contribution in [0, 0.1) is 5.82 Å². The molecule has 1 saturated heterocycles. The zero-order valence-electron chi connectivity index (χ0n) is 17.0. The van der Waals surface area contributed by atoms with Crippen LogP contribution in [0.2, 0.25) is 0 Å². The summed E-state index contributed by atoms with van der Waals surface area (Å²) in [7, 11) is 2.41. The molecule has 1 fully saturated rings. The second-order valence-corrected chi connectivity index (χ2v) is 8.03. The quantitative estimate of drug-likeness (QED) is 0.627. The first-order valence-corrected chi connectivity index (χ1v) is 10.2. The van der Waals surface area contributed by atoms with Crippen molar-refractivity contribution in [2.45, 2.75) is 25.1 Å². The van der Waals surface area contributed by atoms with E-state index in [0.717, 1.165) is 19.2 Å². The van der Waals surface area contributed by atoms with Crippen molar-refractivity contribution in [3.63, 3.8) is 0 Å². The number of benzene rings is 1.